The number of hydrogen-bond donors (Lipinski definition) is 1. The topological polar surface area (TPSA) is 116 Å². The molecule has 1 unspecified atom stereocenters. The number of nitrogens with zero attached hydrogens (tertiary/aromatic N) is 1. The zero-order valence-corrected chi connectivity index (χ0v) is 17.4. The van der Waals surface area contributed by atoms with Gasteiger partial charge in [0.05, 0.1) is 9.82 Å². The van der Waals surface area contributed by atoms with Crippen molar-refractivity contribution in [3.63, 3.8) is 0 Å². The van der Waals surface area contributed by atoms with Crippen LogP contribution in [0.1, 0.15) is 22.1 Å². The first kappa shape index (κ1) is 22.0. The molecule has 0 heterocycles. The second kappa shape index (κ2) is 9.40. The van der Waals surface area contributed by atoms with Crippen molar-refractivity contribution in [3.8, 4) is 0 Å². The van der Waals surface area contributed by atoms with Crippen LogP contribution in [0.5, 0.6) is 0 Å². The first-order chi connectivity index (χ1) is 14.8. The highest BCUT2D eigenvalue weighted by Gasteiger charge is 2.31. The zero-order valence-electron chi connectivity index (χ0n) is 16.6. The Labute approximate surface area is 179 Å². The van der Waals surface area contributed by atoms with E-state index < -0.39 is 26.2 Å². The lowest BCUT2D eigenvalue weighted by Gasteiger charge is -2.20. The van der Waals surface area contributed by atoms with Crippen molar-refractivity contribution in [2.45, 2.75) is 23.8 Å². The number of nitro groups is 1. The minimum absolute atomic E-state index is 0.00446. The molecule has 0 aliphatic carbocycles. The van der Waals surface area contributed by atoms with Gasteiger partial charge in [-0.25, -0.2) is 13.2 Å². The molecule has 8 nitrogen and oxygen atoms in total. The molecule has 3 aromatic rings. The van der Waals surface area contributed by atoms with Gasteiger partial charge in [0.25, 0.3) is 5.69 Å². The van der Waals surface area contributed by atoms with Crippen LogP contribution in [0.4, 0.5) is 10.5 Å². The van der Waals surface area contributed by atoms with E-state index in [-0.39, 0.29) is 22.8 Å². The predicted octanol–water partition coefficient (Wildman–Crippen LogP) is 4.30. The molecule has 3 rings (SSSR count). The first-order valence-corrected chi connectivity index (χ1v) is 10.8. The number of benzene rings is 3. The monoisotopic (exact) mass is 440 g/mol. The molecular weight excluding hydrogens is 420 g/mol. The molecule has 9 heteroatoms. The van der Waals surface area contributed by atoms with E-state index in [4.69, 9.17) is 4.74 Å². The number of sulfone groups is 1. The quantitative estimate of drug-likeness (QED) is 0.432. The van der Waals surface area contributed by atoms with Gasteiger partial charge in [0.1, 0.15) is 6.61 Å². The van der Waals surface area contributed by atoms with Crippen LogP contribution in [-0.4, -0.2) is 19.4 Å². The zero-order chi connectivity index (χ0) is 22.4. The largest absolute Gasteiger partial charge is 0.445 e. The van der Waals surface area contributed by atoms with E-state index in [0.29, 0.717) is 0 Å². The molecule has 1 atom stereocenters. The highest BCUT2D eigenvalue weighted by Crippen LogP contribution is 2.28. The number of alkyl carbamates (subject to hydrolysis) is 1. The molecule has 160 valence electrons. The van der Waals surface area contributed by atoms with Crippen molar-refractivity contribution in [2.75, 3.05) is 0 Å². The van der Waals surface area contributed by atoms with Crippen LogP contribution < -0.4 is 5.32 Å². The lowest BCUT2D eigenvalue weighted by molar-refractivity contribution is -0.384. The van der Waals surface area contributed by atoms with Crippen LogP contribution in [0.2, 0.25) is 0 Å². The fourth-order valence-electron chi connectivity index (χ4n) is 2.85. The summed E-state index contributed by atoms with van der Waals surface area (Å²) in [6.07, 6.45) is -0.928. The average Bonchev–Trinajstić information content (AvgIpc) is 2.77. The fourth-order valence-corrected chi connectivity index (χ4v) is 4.40. The summed E-state index contributed by atoms with van der Waals surface area (Å²) in [7, 11) is -4.06. The summed E-state index contributed by atoms with van der Waals surface area (Å²) in [5.74, 6) is 0. The Balaban J connectivity index is 1.89. The van der Waals surface area contributed by atoms with Crippen LogP contribution in [0.25, 0.3) is 0 Å². The van der Waals surface area contributed by atoms with Gasteiger partial charge in [0.2, 0.25) is 9.84 Å². The second-order valence-corrected chi connectivity index (χ2v) is 8.83. The van der Waals surface area contributed by atoms with Gasteiger partial charge in [-0.1, -0.05) is 48.0 Å². The van der Waals surface area contributed by atoms with Crippen molar-refractivity contribution >= 4 is 21.6 Å². The highest BCUT2D eigenvalue weighted by atomic mass is 32.2. The van der Waals surface area contributed by atoms with E-state index in [0.717, 1.165) is 11.1 Å². The Morgan fingerprint density at radius 3 is 2.19 bits per heavy atom. The number of carbonyl (C=O) groups excluding carboxylic acids is 1. The standard InChI is InChI=1S/C22H20N2O6S/c1-16-7-13-20(14-8-16)31(28,29)21(18-9-11-19(12-10-18)24(26)27)23-22(25)30-15-17-5-3-2-4-6-17/h2-14,21H,15H2,1H3,(H,23,25). The minimum Gasteiger partial charge on any atom is -0.445 e. The van der Waals surface area contributed by atoms with Crippen molar-refractivity contribution in [1.82, 2.24) is 5.32 Å². The van der Waals surface area contributed by atoms with Gasteiger partial charge in [0.15, 0.2) is 5.37 Å². The Hall–Kier alpha value is -3.72. The number of nitrogens with one attached hydrogen (secondary N) is 1. The first-order valence-electron chi connectivity index (χ1n) is 9.29. The highest BCUT2D eigenvalue weighted by molar-refractivity contribution is 7.91. The normalized spacial score (nSPS) is 12.0. The summed E-state index contributed by atoms with van der Waals surface area (Å²) < 4.78 is 31.7. The number of amides is 1. The van der Waals surface area contributed by atoms with Crippen LogP contribution in [0, 0.1) is 17.0 Å². The van der Waals surface area contributed by atoms with Gasteiger partial charge in [-0.15, -0.1) is 0 Å². The van der Waals surface area contributed by atoms with Gasteiger partial charge < -0.3 is 10.1 Å². The summed E-state index contributed by atoms with van der Waals surface area (Å²) >= 11 is 0. The Kier molecular flexibility index (Phi) is 6.66. The smallest absolute Gasteiger partial charge is 0.408 e. The minimum atomic E-state index is -4.06. The Morgan fingerprint density at radius 2 is 1.61 bits per heavy atom. The third-order valence-electron chi connectivity index (χ3n) is 4.53. The molecule has 1 amide bonds. The van der Waals surface area contributed by atoms with Gasteiger partial charge in [0, 0.05) is 12.1 Å². The molecule has 0 aliphatic rings. The third-order valence-corrected chi connectivity index (χ3v) is 6.47. The van der Waals surface area contributed by atoms with Crippen LogP contribution in [0.15, 0.2) is 83.8 Å². The molecule has 0 bridgehead atoms. The van der Waals surface area contributed by atoms with E-state index in [2.05, 4.69) is 5.32 Å². The van der Waals surface area contributed by atoms with E-state index in [1.54, 1.807) is 36.4 Å². The van der Waals surface area contributed by atoms with Gasteiger partial charge in [-0.05, 0) is 42.3 Å². The molecule has 0 fully saturated rings. The van der Waals surface area contributed by atoms with Crippen molar-refractivity contribution < 1.29 is 22.9 Å². The third kappa shape index (κ3) is 5.46. The summed E-state index contributed by atoms with van der Waals surface area (Å²) in [5, 5.41) is 11.8. The van der Waals surface area contributed by atoms with Crippen LogP contribution in [0.3, 0.4) is 0 Å². The SMILES string of the molecule is Cc1ccc(S(=O)(=O)C(NC(=O)OCc2ccccc2)c2ccc([N+](=O)[O-])cc2)cc1. The lowest BCUT2D eigenvalue weighted by Crippen LogP contribution is -2.34. The van der Waals surface area contributed by atoms with Gasteiger partial charge in [-0.3, -0.25) is 10.1 Å². The Bertz CT molecular complexity index is 1160. The van der Waals surface area contributed by atoms with Crippen molar-refractivity contribution in [3.05, 3.63) is 106 Å². The van der Waals surface area contributed by atoms with Crippen molar-refractivity contribution in [1.29, 1.82) is 0 Å². The maximum atomic E-state index is 13.3. The van der Waals surface area contributed by atoms with Crippen LogP contribution >= 0.6 is 0 Å². The number of rotatable bonds is 7. The second-order valence-electron chi connectivity index (χ2n) is 6.79. The number of aryl methyl sites for hydroxylation is 1. The summed E-state index contributed by atoms with van der Waals surface area (Å²) in [5.41, 5.74) is 1.59. The van der Waals surface area contributed by atoms with E-state index >= 15 is 0 Å². The van der Waals surface area contributed by atoms with E-state index in [9.17, 15) is 23.3 Å². The molecule has 1 N–H and O–H groups in total. The predicted molar refractivity (Wildman–Crippen MR) is 114 cm³/mol. The molecule has 3 aromatic carbocycles. The van der Waals surface area contributed by atoms with Crippen LogP contribution in [-0.2, 0) is 21.2 Å². The molecule has 0 spiro atoms. The number of non-ortho nitro benzene ring substituents is 1. The summed E-state index contributed by atoms with van der Waals surface area (Å²) in [6, 6.07) is 20.1. The van der Waals surface area contributed by atoms with Gasteiger partial charge >= 0.3 is 6.09 Å². The molecule has 0 aliphatic heterocycles. The summed E-state index contributed by atoms with van der Waals surface area (Å²) in [6.45, 7) is 1.79. The molecule has 0 saturated heterocycles. The molecule has 0 aromatic heterocycles. The molecule has 31 heavy (non-hydrogen) atoms. The van der Waals surface area contributed by atoms with Crippen molar-refractivity contribution in [2.24, 2.45) is 0 Å². The number of nitro benzene ring substituents is 1. The maximum Gasteiger partial charge on any atom is 0.408 e. The van der Waals surface area contributed by atoms with Gasteiger partial charge in [-0.2, -0.15) is 0 Å². The number of carbonyl (C=O) groups is 1. The maximum absolute atomic E-state index is 13.3. The molecular formula is C22H20N2O6S. The number of ether oxygens (including phenoxy) is 1. The fraction of sp³-hybridized carbons (Fsp3) is 0.136. The summed E-state index contributed by atoms with van der Waals surface area (Å²) in [4.78, 5) is 22.7. The van der Waals surface area contributed by atoms with E-state index in [1.807, 2.05) is 13.0 Å². The number of hydrogen-bond acceptors (Lipinski definition) is 6. The molecule has 0 radical (unpaired) electrons. The Morgan fingerprint density at radius 1 is 1.00 bits per heavy atom. The van der Waals surface area contributed by atoms with E-state index in [1.165, 1.54) is 36.4 Å². The lowest BCUT2D eigenvalue weighted by atomic mass is 10.2. The molecule has 0 saturated carbocycles. The average molecular weight is 440 g/mol.